The predicted molar refractivity (Wildman–Crippen MR) is 88.0 cm³/mol. The van der Waals surface area contributed by atoms with Crippen LogP contribution < -0.4 is 0 Å². The maximum atomic E-state index is 12.5. The number of thioether (sulfide) groups is 1. The van der Waals surface area contributed by atoms with Crippen LogP contribution in [0.3, 0.4) is 0 Å². The molecule has 2 amide bonds. The average Bonchev–Trinajstić information content (AvgIpc) is 2.91. The number of rotatable bonds is 3. The molecule has 1 aromatic rings. The first kappa shape index (κ1) is 17.0. The highest BCUT2D eigenvalue weighted by atomic mass is 35.5. The van der Waals surface area contributed by atoms with E-state index in [0.29, 0.717) is 17.4 Å². The minimum atomic E-state index is -0.596. The zero-order valence-electron chi connectivity index (χ0n) is 12.8. The van der Waals surface area contributed by atoms with Crippen LogP contribution in [0, 0.1) is 0 Å². The summed E-state index contributed by atoms with van der Waals surface area (Å²) >= 11 is 7.78. The summed E-state index contributed by atoms with van der Waals surface area (Å²) in [4.78, 5) is 27.7. The number of hydrogen-bond acceptors (Lipinski definition) is 4. The van der Waals surface area contributed by atoms with Crippen LogP contribution in [0.5, 0.6) is 0 Å². The van der Waals surface area contributed by atoms with E-state index in [1.54, 1.807) is 32.0 Å². The van der Waals surface area contributed by atoms with Gasteiger partial charge in [0.15, 0.2) is 0 Å². The number of carbonyl (C=O) groups is 2. The minimum Gasteiger partial charge on any atom is -0.464 e. The summed E-state index contributed by atoms with van der Waals surface area (Å²) in [6.45, 7) is 2.05. The van der Waals surface area contributed by atoms with Crippen LogP contribution in [0.25, 0.3) is 0 Å². The van der Waals surface area contributed by atoms with Gasteiger partial charge < -0.3 is 9.64 Å². The molecule has 22 heavy (non-hydrogen) atoms. The van der Waals surface area contributed by atoms with Crippen molar-refractivity contribution in [3.05, 3.63) is 34.9 Å². The predicted octanol–water partition coefficient (Wildman–Crippen LogP) is 3.00. The Balaban J connectivity index is 2.36. The number of benzene rings is 1. The van der Waals surface area contributed by atoms with Crippen LogP contribution in [0.4, 0.5) is 4.79 Å². The first-order valence-electron chi connectivity index (χ1n) is 6.99. The minimum absolute atomic E-state index is 0.229. The zero-order chi connectivity index (χ0) is 16.3. The third-order valence-electron chi connectivity index (χ3n) is 3.33. The van der Waals surface area contributed by atoms with Crippen molar-refractivity contribution in [1.29, 1.82) is 0 Å². The molecule has 0 radical (unpaired) electrons. The van der Waals surface area contributed by atoms with Crippen molar-refractivity contribution in [3.63, 3.8) is 0 Å². The Morgan fingerprint density at radius 2 is 2.09 bits per heavy atom. The molecule has 0 saturated carbocycles. The highest BCUT2D eigenvalue weighted by Gasteiger charge is 2.44. The summed E-state index contributed by atoms with van der Waals surface area (Å²) in [6, 6.07) is 6.55. The van der Waals surface area contributed by atoms with Gasteiger partial charge in [-0.05, 0) is 13.0 Å². The van der Waals surface area contributed by atoms with Gasteiger partial charge in [-0.3, -0.25) is 4.90 Å². The summed E-state index contributed by atoms with van der Waals surface area (Å²) < 4.78 is 5.10. The monoisotopic (exact) mass is 342 g/mol. The summed E-state index contributed by atoms with van der Waals surface area (Å²) in [5, 5.41) is 0.291. The van der Waals surface area contributed by atoms with Crippen LogP contribution in [0.2, 0.25) is 5.02 Å². The Bertz CT molecular complexity index is 567. The van der Waals surface area contributed by atoms with Gasteiger partial charge in [-0.25, -0.2) is 9.59 Å². The fourth-order valence-corrected chi connectivity index (χ4v) is 4.05. The van der Waals surface area contributed by atoms with Crippen LogP contribution in [-0.4, -0.2) is 54.3 Å². The molecule has 5 nitrogen and oxygen atoms in total. The van der Waals surface area contributed by atoms with Crippen molar-refractivity contribution in [1.82, 2.24) is 9.80 Å². The van der Waals surface area contributed by atoms with E-state index in [1.165, 1.54) is 16.7 Å². The van der Waals surface area contributed by atoms with E-state index in [9.17, 15) is 9.59 Å². The molecule has 1 heterocycles. The highest BCUT2D eigenvalue weighted by Crippen LogP contribution is 2.44. The van der Waals surface area contributed by atoms with Crippen molar-refractivity contribution in [3.8, 4) is 0 Å². The summed E-state index contributed by atoms with van der Waals surface area (Å²) in [5.74, 6) is 0.119. The molecule has 0 aromatic heterocycles. The second-order valence-corrected chi connectivity index (χ2v) is 6.58. The molecule has 0 N–H and O–H groups in total. The lowest BCUT2D eigenvalue weighted by Crippen LogP contribution is -2.48. The van der Waals surface area contributed by atoms with Gasteiger partial charge in [0.25, 0.3) is 0 Å². The van der Waals surface area contributed by atoms with Gasteiger partial charge in [0, 0.05) is 30.4 Å². The van der Waals surface area contributed by atoms with E-state index in [-0.39, 0.29) is 17.4 Å². The lowest BCUT2D eigenvalue weighted by atomic mass is 10.2. The first-order valence-corrected chi connectivity index (χ1v) is 8.42. The van der Waals surface area contributed by atoms with Crippen LogP contribution in [0.15, 0.2) is 24.3 Å². The number of nitrogens with zero attached hydrogens (tertiary/aromatic N) is 2. The second-order valence-electron chi connectivity index (χ2n) is 5.06. The second kappa shape index (κ2) is 7.24. The Hall–Kier alpha value is -1.40. The molecular weight excluding hydrogens is 324 g/mol. The third-order valence-corrected chi connectivity index (χ3v) is 4.98. The van der Waals surface area contributed by atoms with Crippen molar-refractivity contribution in [2.45, 2.75) is 18.3 Å². The van der Waals surface area contributed by atoms with Crippen LogP contribution >= 0.6 is 23.4 Å². The van der Waals surface area contributed by atoms with Crippen molar-refractivity contribution in [2.24, 2.45) is 0 Å². The molecule has 0 spiro atoms. The fourth-order valence-electron chi connectivity index (χ4n) is 2.31. The van der Waals surface area contributed by atoms with Gasteiger partial charge in [0.2, 0.25) is 0 Å². The standard InChI is InChI=1S/C15H19ClN2O3S/c1-4-21-14(19)12-9-22-13(18(12)15(20)17(2)3)10-7-5-6-8-11(10)16/h5-8,12-13H,4,9H2,1-3H3. The maximum absolute atomic E-state index is 12.5. The fraction of sp³-hybridized carbons (Fsp3) is 0.467. The molecule has 1 saturated heterocycles. The number of carbonyl (C=O) groups excluding carboxylic acids is 2. The van der Waals surface area contributed by atoms with E-state index in [4.69, 9.17) is 16.3 Å². The molecule has 1 aliphatic heterocycles. The van der Waals surface area contributed by atoms with E-state index < -0.39 is 6.04 Å². The van der Waals surface area contributed by atoms with Gasteiger partial charge >= 0.3 is 12.0 Å². The quantitative estimate of drug-likeness (QED) is 0.792. The van der Waals surface area contributed by atoms with Crippen molar-refractivity contribution < 1.29 is 14.3 Å². The van der Waals surface area contributed by atoms with E-state index in [2.05, 4.69) is 0 Å². The molecule has 2 unspecified atom stereocenters. The lowest BCUT2D eigenvalue weighted by Gasteiger charge is -2.31. The Kier molecular flexibility index (Phi) is 5.58. The van der Waals surface area contributed by atoms with Crippen molar-refractivity contribution in [2.75, 3.05) is 26.5 Å². The van der Waals surface area contributed by atoms with Crippen LogP contribution in [-0.2, 0) is 9.53 Å². The number of urea groups is 1. The van der Waals surface area contributed by atoms with Crippen molar-refractivity contribution >= 4 is 35.4 Å². The van der Waals surface area contributed by atoms with Gasteiger partial charge in [-0.2, -0.15) is 0 Å². The molecule has 2 atom stereocenters. The highest BCUT2D eigenvalue weighted by molar-refractivity contribution is 7.99. The largest absolute Gasteiger partial charge is 0.464 e. The molecule has 120 valence electrons. The van der Waals surface area contributed by atoms with E-state index in [0.717, 1.165) is 5.56 Å². The molecule has 0 aliphatic carbocycles. The first-order chi connectivity index (χ1) is 10.5. The maximum Gasteiger partial charge on any atom is 0.329 e. The number of hydrogen-bond donors (Lipinski definition) is 0. The average molecular weight is 343 g/mol. The third kappa shape index (κ3) is 3.33. The smallest absolute Gasteiger partial charge is 0.329 e. The summed E-state index contributed by atoms with van der Waals surface area (Å²) in [5.41, 5.74) is 0.830. The van der Waals surface area contributed by atoms with Gasteiger partial charge in [-0.15, -0.1) is 11.8 Å². The lowest BCUT2D eigenvalue weighted by molar-refractivity contribution is -0.147. The zero-order valence-corrected chi connectivity index (χ0v) is 14.4. The van der Waals surface area contributed by atoms with E-state index >= 15 is 0 Å². The number of ether oxygens (including phenoxy) is 1. The number of amides is 2. The van der Waals surface area contributed by atoms with E-state index in [1.807, 2.05) is 18.2 Å². The molecule has 1 aromatic carbocycles. The Morgan fingerprint density at radius 1 is 1.41 bits per heavy atom. The van der Waals surface area contributed by atoms with Gasteiger partial charge in [0.05, 0.1) is 6.61 Å². The van der Waals surface area contributed by atoms with Gasteiger partial charge in [-0.1, -0.05) is 29.8 Å². The number of halogens is 1. The Morgan fingerprint density at radius 3 is 2.68 bits per heavy atom. The molecule has 1 fully saturated rings. The topological polar surface area (TPSA) is 49.9 Å². The molecular formula is C15H19ClN2O3S. The summed E-state index contributed by atoms with van der Waals surface area (Å²) in [7, 11) is 3.33. The molecule has 1 aliphatic rings. The number of esters is 1. The molecule has 2 rings (SSSR count). The SMILES string of the molecule is CCOC(=O)C1CSC(c2ccccc2Cl)N1C(=O)N(C)C. The van der Waals surface area contributed by atoms with Crippen LogP contribution in [0.1, 0.15) is 17.9 Å². The molecule has 7 heteroatoms. The normalized spacial score (nSPS) is 20.8. The van der Waals surface area contributed by atoms with Gasteiger partial charge in [0.1, 0.15) is 11.4 Å². The summed E-state index contributed by atoms with van der Waals surface area (Å²) in [6.07, 6.45) is 0. The Labute approximate surface area is 139 Å². The molecule has 0 bridgehead atoms.